The van der Waals surface area contributed by atoms with E-state index < -0.39 is 0 Å². The number of nitrogens with zero attached hydrogens (tertiary/aromatic N) is 1. The summed E-state index contributed by atoms with van der Waals surface area (Å²) in [4.78, 5) is 15.7. The van der Waals surface area contributed by atoms with Crippen LogP contribution in [0.1, 0.15) is 5.56 Å². The van der Waals surface area contributed by atoms with Crippen molar-refractivity contribution in [1.82, 2.24) is 0 Å². The van der Waals surface area contributed by atoms with Gasteiger partial charge in [-0.2, -0.15) is 0 Å². The summed E-state index contributed by atoms with van der Waals surface area (Å²) < 4.78 is 1.06. The van der Waals surface area contributed by atoms with Gasteiger partial charge in [0.05, 0.1) is 5.71 Å². The van der Waals surface area contributed by atoms with Gasteiger partial charge in [0.1, 0.15) is 0 Å². The number of thioether (sulfide) groups is 1. The average Bonchev–Trinajstić information content (AvgIpc) is 2.30. The molecule has 1 aliphatic heterocycles. The summed E-state index contributed by atoms with van der Waals surface area (Å²) in [6, 6.07) is 8.06. The third kappa shape index (κ3) is 2.58. The van der Waals surface area contributed by atoms with Gasteiger partial charge in [-0.15, -0.1) is 11.8 Å². The molecule has 0 bridgehead atoms. The summed E-state index contributed by atoms with van der Waals surface area (Å²) >= 11 is 5.03. The van der Waals surface area contributed by atoms with Crippen molar-refractivity contribution in [2.75, 3.05) is 5.75 Å². The number of benzene rings is 1. The zero-order valence-electron chi connectivity index (χ0n) is 7.81. The molecule has 2 nitrogen and oxygen atoms in total. The van der Waals surface area contributed by atoms with Gasteiger partial charge in [0, 0.05) is 21.3 Å². The van der Waals surface area contributed by atoms with Gasteiger partial charge in [-0.1, -0.05) is 28.1 Å². The van der Waals surface area contributed by atoms with Crippen LogP contribution >= 0.6 is 27.7 Å². The molecule has 1 aliphatic rings. The first-order valence-corrected chi connectivity index (χ1v) is 6.18. The first-order chi connectivity index (χ1) is 7.29. The predicted octanol–water partition coefficient (Wildman–Crippen LogP) is 3.13. The van der Waals surface area contributed by atoms with Gasteiger partial charge < -0.3 is 0 Å². The largest absolute Gasteiger partial charge is 0.296 e. The summed E-state index contributed by atoms with van der Waals surface area (Å²) in [5.41, 5.74) is 1.73. The van der Waals surface area contributed by atoms with E-state index in [0.29, 0.717) is 11.5 Å². The molecule has 0 radical (unpaired) electrons. The molecule has 0 aromatic heterocycles. The Morgan fingerprint density at radius 1 is 1.33 bits per heavy atom. The molecular weight excluding hydrogens is 274 g/mol. The number of carbonyl (C=O) groups excluding carboxylic acids is 1. The maximum Gasteiger partial charge on any atom is 0.165 e. The second kappa shape index (κ2) is 4.77. The van der Waals surface area contributed by atoms with Crippen LogP contribution in [0.4, 0.5) is 0 Å². The normalized spacial score (nSPS) is 15.5. The fourth-order valence-corrected chi connectivity index (χ4v) is 2.34. The lowest BCUT2D eigenvalue weighted by Crippen LogP contribution is -2.05. The number of halogens is 1. The molecule has 0 saturated carbocycles. The number of hydrogen-bond acceptors (Lipinski definition) is 3. The molecule has 1 aromatic carbocycles. The molecule has 76 valence electrons. The van der Waals surface area contributed by atoms with Crippen molar-refractivity contribution in [2.45, 2.75) is 0 Å². The minimum atomic E-state index is 0.598. The van der Waals surface area contributed by atoms with Crippen LogP contribution in [0.2, 0.25) is 0 Å². The van der Waals surface area contributed by atoms with E-state index in [2.05, 4.69) is 20.9 Å². The Kier molecular flexibility index (Phi) is 3.38. The number of aliphatic imine (C=N–C) groups is 1. The van der Waals surface area contributed by atoms with Crippen LogP contribution in [0.15, 0.2) is 39.9 Å². The molecule has 0 amide bonds. The fraction of sp³-hybridized carbons (Fsp3) is 0.0909. The Labute approximate surface area is 101 Å². The van der Waals surface area contributed by atoms with Gasteiger partial charge in [-0.05, 0) is 17.7 Å². The number of carbonyl (C=O) groups is 1. The van der Waals surface area contributed by atoms with Gasteiger partial charge in [0.2, 0.25) is 0 Å². The van der Waals surface area contributed by atoms with Gasteiger partial charge in [0.25, 0.3) is 0 Å². The van der Waals surface area contributed by atoms with E-state index in [-0.39, 0.29) is 0 Å². The van der Waals surface area contributed by atoms with E-state index in [1.54, 1.807) is 18.0 Å². The topological polar surface area (TPSA) is 29.4 Å². The predicted molar refractivity (Wildman–Crippen MR) is 68.1 cm³/mol. The van der Waals surface area contributed by atoms with Gasteiger partial charge in [-0.3, -0.25) is 9.79 Å². The molecule has 2 rings (SSSR count). The van der Waals surface area contributed by atoms with Crippen LogP contribution in [0.5, 0.6) is 0 Å². The Bertz CT molecular complexity index is 436. The summed E-state index contributed by atoms with van der Waals surface area (Å²) in [5, 5.41) is 0. The van der Waals surface area contributed by atoms with Gasteiger partial charge in [0.15, 0.2) is 6.29 Å². The average molecular weight is 282 g/mol. The Morgan fingerprint density at radius 2 is 2.07 bits per heavy atom. The van der Waals surface area contributed by atoms with E-state index >= 15 is 0 Å². The SMILES string of the molecule is O=CC1=NC=C(c2ccc(Br)cc2)SC1. The molecule has 15 heavy (non-hydrogen) atoms. The third-order valence-electron chi connectivity index (χ3n) is 1.99. The number of aldehydes is 1. The first kappa shape index (κ1) is 10.6. The van der Waals surface area contributed by atoms with Crippen LogP contribution in [-0.4, -0.2) is 17.8 Å². The molecule has 0 fully saturated rings. The maximum atomic E-state index is 10.5. The summed E-state index contributed by atoms with van der Waals surface area (Å²) in [7, 11) is 0. The Morgan fingerprint density at radius 3 is 2.60 bits per heavy atom. The first-order valence-electron chi connectivity index (χ1n) is 4.40. The van der Waals surface area contributed by atoms with Crippen LogP contribution in [-0.2, 0) is 4.79 Å². The highest BCUT2D eigenvalue weighted by Gasteiger charge is 2.09. The molecule has 1 heterocycles. The highest BCUT2D eigenvalue weighted by atomic mass is 79.9. The van der Waals surface area contributed by atoms with Gasteiger partial charge >= 0.3 is 0 Å². The van der Waals surface area contributed by atoms with Crippen LogP contribution in [0, 0.1) is 0 Å². The quantitative estimate of drug-likeness (QED) is 0.780. The van der Waals surface area contributed by atoms with Crippen molar-refractivity contribution in [3.05, 3.63) is 40.5 Å². The summed E-state index contributed by atoms with van der Waals surface area (Å²) in [6.07, 6.45) is 2.56. The van der Waals surface area contributed by atoms with Gasteiger partial charge in [-0.25, -0.2) is 0 Å². The minimum absolute atomic E-state index is 0.598. The molecule has 0 spiro atoms. The molecule has 0 unspecified atom stereocenters. The van der Waals surface area contributed by atoms with E-state index in [1.807, 2.05) is 24.3 Å². The zero-order valence-corrected chi connectivity index (χ0v) is 10.2. The van der Waals surface area contributed by atoms with Crippen LogP contribution < -0.4 is 0 Å². The lowest BCUT2D eigenvalue weighted by Gasteiger charge is -2.10. The summed E-state index contributed by atoms with van der Waals surface area (Å²) in [5.74, 6) is 0.658. The fourth-order valence-electron chi connectivity index (χ4n) is 1.20. The maximum absolute atomic E-state index is 10.5. The molecule has 0 saturated heterocycles. The Balaban J connectivity index is 2.26. The molecular formula is C11H8BrNOS. The molecule has 0 N–H and O–H groups in total. The molecule has 4 heteroatoms. The van der Waals surface area contributed by atoms with Crippen molar-refractivity contribution in [1.29, 1.82) is 0 Å². The molecule has 0 aliphatic carbocycles. The van der Waals surface area contributed by atoms with Crippen LogP contribution in [0.25, 0.3) is 4.91 Å². The van der Waals surface area contributed by atoms with E-state index in [9.17, 15) is 4.79 Å². The second-order valence-electron chi connectivity index (χ2n) is 3.03. The Hall–Kier alpha value is -0.870. The lowest BCUT2D eigenvalue weighted by atomic mass is 10.2. The molecule has 0 atom stereocenters. The zero-order chi connectivity index (χ0) is 10.7. The van der Waals surface area contributed by atoms with Crippen molar-refractivity contribution < 1.29 is 4.79 Å². The highest BCUT2D eigenvalue weighted by Crippen LogP contribution is 2.30. The number of hydrogen-bond donors (Lipinski definition) is 0. The monoisotopic (exact) mass is 281 g/mol. The van der Waals surface area contributed by atoms with E-state index in [1.165, 1.54) is 0 Å². The van der Waals surface area contributed by atoms with Crippen molar-refractivity contribution in [3.63, 3.8) is 0 Å². The standard InChI is InChI=1S/C11H8BrNOS/c12-9-3-1-8(2-4-9)11-5-13-10(6-14)7-15-11/h1-6H,7H2. The van der Waals surface area contributed by atoms with E-state index in [4.69, 9.17) is 0 Å². The van der Waals surface area contributed by atoms with Crippen molar-refractivity contribution in [3.8, 4) is 0 Å². The smallest absolute Gasteiger partial charge is 0.165 e. The highest BCUT2D eigenvalue weighted by molar-refractivity contribution is 9.10. The number of rotatable bonds is 2. The lowest BCUT2D eigenvalue weighted by molar-refractivity contribution is -0.102. The molecule has 1 aromatic rings. The summed E-state index contributed by atoms with van der Waals surface area (Å²) in [6.45, 7) is 0. The van der Waals surface area contributed by atoms with E-state index in [0.717, 1.165) is 21.2 Å². The second-order valence-corrected chi connectivity index (χ2v) is 4.96. The minimum Gasteiger partial charge on any atom is -0.296 e. The van der Waals surface area contributed by atoms with Crippen molar-refractivity contribution >= 4 is 44.6 Å². The van der Waals surface area contributed by atoms with Crippen LogP contribution in [0.3, 0.4) is 0 Å². The third-order valence-corrected chi connectivity index (χ3v) is 3.61. The van der Waals surface area contributed by atoms with Crippen molar-refractivity contribution in [2.24, 2.45) is 4.99 Å².